The van der Waals surface area contributed by atoms with Gasteiger partial charge in [0, 0.05) is 13.1 Å². The normalized spacial score (nSPS) is 17.4. The van der Waals surface area contributed by atoms with Gasteiger partial charge in [-0.3, -0.25) is 0 Å². The van der Waals surface area contributed by atoms with Crippen LogP contribution in [0, 0.1) is 5.92 Å². The van der Waals surface area contributed by atoms with Crippen molar-refractivity contribution in [3.05, 3.63) is 0 Å². The minimum atomic E-state index is -0.550. The molecule has 0 aliphatic carbocycles. The lowest BCUT2D eigenvalue weighted by atomic mass is 9.74. The topological polar surface area (TPSA) is 49.8 Å². The van der Waals surface area contributed by atoms with Crippen LogP contribution in [0.1, 0.15) is 86.0 Å². The average Bonchev–Trinajstić information content (AvgIpc) is 2.49. The largest absolute Gasteiger partial charge is 0.444 e. The summed E-state index contributed by atoms with van der Waals surface area (Å²) < 4.78 is 5.45. The van der Waals surface area contributed by atoms with Crippen LogP contribution in [-0.4, -0.2) is 40.4 Å². The number of amides is 1. The zero-order valence-electron chi connectivity index (χ0n) is 15.9. The van der Waals surface area contributed by atoms with Crippen LogP contribution < -0.4 is 0 Å². The molecule has 0 aromatic carbocycles. The van der Waals surface area contributed by atoms with Crippen molar-refractivity contribution in [1.29, 1.82) is 0 Å². The summed E-state index contributed by atoms with van der Waals surface area (Å²) in [5, 5.41) is 11.2. The molecule has 1 fully saturated rings. The Morgan fingerprint density at radius 2 is 1.57 bits per heavy atom. The number of unbranched alkanes of at least 4 members (excludes halogenated alkanes) is 2. The van der Waals surface area contributed by atoms with E-state index in [9.17, 15) is 9.90 Å². The van der Waals surface area contributed by atoms with Crippen LogP contribution >= 0.6 is 0 Å². The molecule has 0 aromatic heterocycles. The molecule has 1 N–H and O–H groups in total. The molecule has 0 unspecified atom stereocenters. The first-order valence-electron chi connectivity index (χ1n) is 9.42. The lowest BCUT2D eigenvalue weighted by Gasteiger charge is -2.42. The van der Waals surface area contributed by atoms with Gasteiger partial charge < -0.3 is 14.7 Å². The van der Waals surface area contributed by atoms with Crippen molar-refractivity contribution < 1.29 is 14.6 Å². The highest BCUT2D eigenvalue weighted by atomic mass is 16.6. The number of ether oxygens (including phenoxy) is 1. The summed E-state index contributed by atoms with van der Waals surface area (Å²) in [6.45, 7) is 11.4. The third-order valence-corrected chi connectivity index (χ3v) is 4.83. The van der Waals surface area contributed by atoms with Gasteiger partial charge in [0.1, 0.15) is 5.60 Å². The summed E-state index contributed by atoms with van der Waals surface area (Å²) in [6, 6.07) is 0. The van der Waals surface area contributed by atoms with Gasteiger partial charge in [0.2, 0.25) is 0 Å². The van der Waals surface area contributed by atoms with Crippen LogP contribution in [0.25, 0.3) is 0 Å². The van der Waals surface area contributed by atoms with Gasteiger partial charge in [0.05, 0.1) is 5.60 Å². The lowest BCUT2D eigenvalue weighted by molar-refractivity contribution is -0.0607. The van der Waals surface area contributed by atoms with Crippen LogP contribution in [0.4, 0.5) is 4.79 Å². The summed E-state index contributed by atoms with van der Waals surface area (Å²) in [5.74, 6) is 0.305. The summed E-state index contributed by atoms with van der Waals surface area (Å²) in [6.07, 6.45) is 7.70. The fourth-order valence-corrected chi connectivity index (χ4v) is 3.42. The molecule has 1 amide bonds. The standard InChI is InChI=1S/C19H37NO3/c1-6-8-12-19(22,13-9-7-2)16-10-14-20(15-11-16)17(21)23-18(3,4)5/h16,22H,6-15H2,1-5H3. The smallest absolute Gasteiger partial charge is 0.410 e. The number of hydrogen-bond donors (Lipinski definition) is 1. The van der Waals surface area contributed by atoms with E-state index in [0.717, 1.165) is 51.4 Å². The van der Waals surface area contributed by atoms with Crippen LogP contribution in [-0.2, 0) is 4.74 Å². The predicted octanol–water partition coefficient (Wildman–Crippen LogP) is 4.75. The van der Waals surface area contributed by atoms with Crippen molar-refractivity contribution >= 4 is 6.09 Å². The van der Waals surface area contributed by atoms with Crippen molar-refractivity contribution in [1.82, 2.24) is 4.90 Å². The van der Waals surface area contributed by atoms with Gasteiger partial charge in [-0.2, -0.15) is 0 Å². The van der Waals surface area contributed by atoms with Crippen molar-refractivity contribution in [2.45, 2.75) is 97.2 Å². The zero-order chi connectivity index (χ0) is 17.5. The second-order valence-electron chi connectivity index (χ2n) is 8.05. The number of carbonyl (C=O) groups excluding carboxylic acids is 1. The Morgan fingerprint density at radius 3 is 1.96 bits per heavy atom. The first-order valence-corrected chi connectivity index (χ1v) is 9.42. The Labute approximate surface area is 142 Å². The van der Waals surface area contributed by atoms with Gasteiger partial charge >= 0.3 is 6.09 Å². The molecular weight excluding hydrogens is 290 g/mol. The third kappa shape index (κ3) is 6.70. The molecule has 0 spiro atoms. The van der Waals surface area contributed by atoms with Gasteiger partial charge in [-0.25, -0.2) is 4.79 Å². The molecule has 0 radical (unpaired) electrons. The van der Waals surface area contributed by atoms with E-state index in [4.69, 9.17) is 4.74 Å². The first kappa shape index (κ1) is 20.3. The van der Waals surface area contributed by atoms with Crippen LogP contribution in [0.3, 0.4) is 0 Å². The van der Waals surface area contributed by atoms with Gasteiger partial charge in [-0.05, 0) is 52.4 Å². The first-order chi connectivity index (χ1) is 10.7. The maximum atomic E-state index is 12.2. The highest BCUT2D eigenvalue weighted by molar-refractivity contribution is 5.68. The number of hydrogen-bond acceptors (Lipinski definition) is 3. The van der Waals surface area contributed by atoms with Gasteiger partial charge in [-0.1, -0.05) is 39.5 Å². The average molecular weight is 328 g/mol. The monoisotopic (exact) mass is 327 g/mol. The zero-order valence-corrected chi connectivity index (χ0v) is 15.9. The van der Waals surface area contributed by atoms with E-state index in [1.54, 1.807) is 4.90 Å². The molecule has 4 nitrogen and oxygen atoms in total. The number of nitrogens with zero attached hydrogens (tertiary/aromatic N) is 1. The number of carbonyl (C=O) groups is 1. The molecule has 1 aliphatic rings. The van der Waals surface area contributed by atoms with E-state index in [2.05, 4.69) is 13.8 Å². The second-order valence-corrected chi connectivity index (χ2v) is 8.05. The number of aliphatic hydroxyl groups is 1. The van der Waals surface area contributed by atoms with Crippen LogP contribution in [0.2, 0.25) is 0 Å². The Kier molecular flexibility index (Phi) is 7.85. The Hall–Kier alpha value is -0.770. The molecule has 136 valence electrons. The molecule has 1 heterocycles. The van der Waals surface area contributed by atoms with Gasteiger partial charge in [0.25, 0.3) is 0 Å². The molecule has 0 saturated carbocycles. The molecule has 0 atom stereocenters. The van der Waals surface area contributed by atoms with Crippen molar-refractivity contribution in [2.75, 3.05) is 13.1 Å². The van der Waals surface area contributed by atoms with Crippen molar-refractivity contribution in [3.8, 4) is 0 Å². The fraction of sp³-hybridized carbons (Fsp3) is 0.947. The van der Waals surface area contributed by atoms with E-state index in [-0.39, 0.29) is 6.09 Å². The predicted molar refractivity (Wildman–Crippen MR) is 94.5 cm³/mol. The molecular formula is C19H37NO3. The van der Waals surface area contributed by atoms with E-state index >= 15 is 0 Å². The highest BCUT2D eigenvalue weighted by Gasteiger charge is 2.38. The summed E-state index contributed by atoms with van der Waals surface area (Å²) >= 11 is 0. The molecule has 4 heteroatoms. The SMILES string of the molecule is CCCCC(O)(CCCC)C1CCN(C(=O)OC(C)(C)C)CC1. The van der Waals surface area contributed by atoms with Crippen LogP contribution in [0.5, 0.6) is 0 Å². The number of piperidine rings is 1. The van der Waals surface area contributed by atoms with Gasteiger partial charge in [-0.15, -0.1) is 0 Å². The highest BCUT2D eigenvalue weighted by Crippen LogP contribution is 2.36. The second kappa shape index (κ2) is 8.91. The minimum absolute atomic E-state index is 0.221. The summed E-state index contributed by atoms with van der Waals surface area (Å²) in [7, 11) is 0. The molecule has 1 rings (SSSR count). The number of rotatable bonds is 7. The molecule has 1 aliphatic heterocycles. The molecule has 23 heavy (non-hydrogen) atoms. The summed E-state index contributed by atoms with van der Waals surface area (Å²) in [5.41, 5.74) is -0.997. The Morgan fingerprint density at radius 1 is 1.09 bits per heavy atom. The van der Waals surface area contributed by atoms with E-state index < -0.39 is 11.2 Å². The lowest BCUT2D eigenvalue weighted by Crippen LogP contribution is -2.48. The van der Waals surface area contributed by atoms with Gasteiger partial charge in [0.15, 0.2) is 0 Å². The molecule has 0 aromatic rings. The number of likely N-dealkylation sites (tertiary alicyclic amines) is 1. The summed E-state index contributed by atoms with van der Waals surface area (Å²) in [4.78, 5) is 13.9. The fourth-order valence-electron chi connectivity index (χ4n) is 3.42. The maximum absolute atomic E-state index is 12.2. The van der Waals surface area contributed by atoms with E-state index in [0.29, 0.717) is 19.0 Å². The Bertz CT molecular complexity index is 346. The van der Waals surface area contributed by atoms with Crippen molar-refractivity contribution in [3.63, 3.8) is 0 Å². The quantitative estimate of drug-likeness (QED) is 0.734. The van der Waals surface area contributed by atoms with E-state index in [1.807, 2.05) is 20.8 Å². The van der Waals surface area contributed by atoms with E-state index in [1.165, 1.54) is 0 Å². The van der Waals surface area contributed by atoms with Crippen molar-refractivity contribution in [2.24, 2.45) is 5.92 Å². The maximum Gasteiger partial charge on any atom is 0.410 e. The third-order valence-electron chi connectivity index (χ3n) is 4.83. The molecule has 1 saturated heterocycles. The minimum Gasteiger partial charge on any atom is -0.444 e. The Balaban J connectivity index is 2.58. The van der Waals surface area contributed by atoms with Crippen LogP contribution in [0.15, 0.2) is 0 Å². The molecule has 0 bridgehead atoms.